The van der Waals surface area contributed by atoms with Crippen LogP contribution in [0, 0.1) is 5.92 Å². The third-order valence-electron chi connectivity index (χ3n) is 5.44. The zero-order chi connectivity index (χ0) is 20.1. The monoisotopic (exact) mass is 378 g/mol. The molecular formula is C24H35BOSi. The van der Waals surface area contributed by atoms with Gasteiger partial charge in [-0.2, -0.15) is 0 Å². The first-order valence-corrected chi connectivity index (χ1v) is 12.0. The molecule has 1 nitrogen and oxygen atoms in total. The van der Waals surface area contributed by atoms with Gasteiger partial charge in [0.1, 0.15) is 0 Å². The second-order valence-electron chi connectivity index (χ2n) is 9.02. The molecule has 0 aliphatic carbocycles. The Morgan fingerprint density at radius 2 is 1.41 bits per heavy atom. The molecule has 0 radical (unpaired) electrons. The molecular weight excluding hydrogens is 343 g/mol. The van der Waals surface area contributed by atoms with Crippen molar-refractivity contribution in [3.63, 3.8) is 0 Å². The predicted molar refractivity (Wildman–Crippen MR) is 124 cm³/mol. The van der Waals surface area contributed by atoms with E-state index in [2.05, 4.69) is 115 Å². The standard InChI is InChI=1S/C24H35BOSi/c1-20(18-21(2)25(6)7)19-26-27(24(3,4)5,22-14-10-8-11-15-22)23-16-12-9-13-17-23/h8-18,20H,19H2,1-7H3/b21-18-/t20-/m0/s1. The summed E-state index contributed by atoms with van der Waals surface area (Å²) in [5.74, 6) is 0.397. The van der Waals surface area contributed by atoms with E-state index in [1.54, 1.807) is 0 Å². The lowest BCUT2D eigenvalue weighted by molar-refractivity contribution is 0.267. The lowest BCUT2D eigenvalue weighted by Crippen LogP contribution is -2.66. The molecule has 0 saturated heterocycles. The quantitative estimate of drug-likeness (QED) is 0.583. The Hall–Kier alpha value is -1.58. The van der Waals surface area contributed by atoms with Gasteiger partial charge in [-0.25, -0.2) is 0 Å². The molecule has 0 N–H and O–H groups in total. The Bertz CT molecular complexity index is 692. The normalized spacial score (nSPS) is 14.1. The van der Waals surface area contributed by atoms with Crippen molar-refractivity contribution in [2.45, 2.75) is 53.3 Å². The van der Waals surface area contributed by atoms with Crippen LogP contribution >= 0.6 is 0 Å². The summed E-state index contributed by atoms with van der Waals surface area (Å²) >= 11 is 0. The van der Waals surface area contributed by atoms with Gasteiger partial charge < -0.3 is 4.43 Å². The molecule has 0 aliphatic rings. The van der Waals surface area contributed by atoms with Crippen molar-refractivity contribution in [2.24, 2.45) is 5.92 Å². The highest BCUT2D eigenvalue weighted by molar-refractivity contribution is 6.99. The SMILES string of the molecule is CB(C)/C(C)=C\[C@H](C)CO[Si](c1ccccc1)(c1ccccc1)C(C)(C)C. The van der Waals surface area contributed by atoms with Crippen LogP contribution in [-0.4, -0.2) is 21.6 Å². The highest BCUT2D eigenvalue weighted by Gasteiger charge is 2.50. The second-order valence-corrected chi connectivity index (χ2v) is 13.3. The van der Waals surface area contributed by atoms with Crippen molar-refractivity contribution >= 4 is 25.4 Å². The molecule has 0 saturated carbocycles. The van der Waals surface area contributed by atoms with Gasteiger partial charge in [-0.05, 0) is 21.3 Å². The van der Waals surface area contributed by atoms with Gasteiger partial charge >= 0.3 is 0 Å². The lowest BCUT2D eigenvalue weighted by Gasteiger charge is -2.43. The maximum absolute atomic E-state index is 7.00. The van der Waals surface area contributed by atoms with Crippen LogP contribution in [-0.2, 0) is 4.43 Å². The number of rotatable bonds is 7. The van der Waals surface area contributed by atoms with Crippen LogP contribution in [0.2, 0.25) is 18.7 Å². The van der Waals surface area contributed by atoms with Crippen LogP contribution in [0.4, 0.5) is 0 Å². The van der Waals surface area contributed by atoms with Crippen molar-refractivity contribution in [1.82, 2.24) is 0 Å². The highest BCUT2D eigenvalue weighted by atomic mass is 28.4. The van der Waals surface area contributed by atoms with Gasteiger partial charge in [0.25, 0.3) is 8.32 Å². The van der Waals surface area contributed by atoms with Crippen LogP contribution in [0.3, 0.4) is 0 Å². The molecule has 0 fully saturated rings. The summed E-state index contributed by atoms with van der Waals surface area (Å²) in [5, 5.41) is 2.73. The first-order chi connectivity index (χ1) is 12.7. The molecule has 0 amide bonds. The number of hydrogen-bond donors (Lipinski definition) is 0. The fourth-order valence-electron chi connectivity index (χ4n) is 3.71. The molecule has 144 valence electrons. The van der Waals surface area contributed by atoms with Gasteiger partial charge in [0.2, 0.25) is 0 Å². The topological polar surface area (TPSA) is 9.23 Å². The van der Waals surface area contributed by atoms with Crippen LogP contribution in [0.15, 0.2) is 72.2 Å². The first kappa shape index (κ1) is 21.7. The third kappa shape index (κ3) is 5.03. The van der Waals surface area contributed by atoms with Gasteiger partial charge in [-0.1, -0.05) is 115 Å². The first-order valence-electron chi connectivity index (χ1n) is 10.1. The summed E-state index contributed by atoms with van der Waals surface area (Å²) in [5.41, 5.74) is 1.44. The zero-order valence-electron chi connectivity index (χ0n) is 18.1. The smallest absolute Gasteiger partial charge is 0.261 e. The van der Waals surface area contributed by atoms with Crippen molar-refractivity contribution in [2.75, 3.05) is 6.61 Å². The van der Waals surface area contributed by atoms with E-state index in [0.717, 1.165) is 6.61 Å². The lowest BCUT2D eigenvalue weighted by atomic mass is 9.49. The van der Waals surface area contributed by atoms with E-state index in [4.69, 9.17) is 4.43 Å². The Kier molecular flexibility index (Phi) is 7.30. The molecule has 2 aromatic rings. The average molecular weight is 378 g/mol. The van der Waals surface area contributed by atoms with Crippen molar-refractivity contribution < 1.29 is 4.43 Å². The summed E-state index contributed by atoms with van der Waals surface area (Å²) in [6.07, 6.45) is 2.38. The van der Waals surface area contributed by atoms with E-state index in [9.17, 15) is 0 Å². The fraction of sp³-hybridized carbons (Fsp3) is 0.417. The molecule has 0 heterocycles. The Labute approximate surface area is 168 Å². The third-order valence-corrected chi connectivity index (χ3v) is 10.4. The van der Waals surface area contributed by atoms with E-state index in [-0.39, 0.29) is 5.04 Å². The second kappa shape index (κ2) is 9.08. The van der Waals surface area contributed by atoms with Gasteiger partial charge in [0, 0.05) is 6.61 Å². The maximum Gasteiger partial charge on any atom is 0.261 e. The van der Waals surface area contributed by atoms with Gasteiger partial charge in [0.15, 0.2) is 6.71 Å². The summed E-state index contributed by atoms with van der Waals surface area (Å²) in [4.78, 5) is 0. The molecule has 0 aromatic heterocycles. The zero-order valence-corrected chi connectivity index (χ0v) is 19.1. The Morgan fingerprint density at radius 1 is 0.963 bits per heavy atom. The molecule has 0 bridgehead atoms. The summed E-state index contributed by atoms with van der Waals surface area (Å²) in [7, 11) is -2.42. The maximum atomic E-state index is 7.00. The van der Waals surface area contributed by atoms with Gasteiger partial charge in [0.05, 0.1) is 0 Å². The van der Waals surface area contributed by atoms with Gasteiger partial charge in [-0.3, -0.25) is 0 Å². The highest BCUT2D eigenvalue weighted by Crippen LogP contribution is 2.37. The van der Waals surface area contributed by atoms with Crippen LogP contribution in [0.1, 0.15) is 34.6 Å². The van der Waals surface area contributed by atoms with E-state index < -0.39 is 8.32 Å². The predicted octanol–water partition coefficient (Wildman–Crippen LogP) is 5.44. The molecule has 3 heteroatoms. The largest absolute Gasteiger partial charge is 0.407 e. The van der Waals surface area contributed by atoms with Crippen LogP contribution in [0.5, 0.6) is 0 Å². The molecule has 0 spiro atoms. The Morgan fingerprint density at radius 3 is 1.78 bits per heavy atom. The molecule has 2 aromatic carbocycles. The van der Waals surface area contributed by atoms with E-state index in [0.29, 0.717) is 12.6 Å². The van der Waals surface area contributed by atoms with Gasteiger partial charge in [-0.15, -0.1) is 5.47 Å². The summed E-state index contributed by atoms with van der Waals surface area (Å²) < 4.78 is 7.00. The minimum Gasteiger partial charge on any atom is -0.407 e. The molecule has 27 heavy (non-hydrogen) atoms. The van der Waals surface area contributed by atoms with E-state index in [1.807, 2.05) is 0 Å². The van der Waals surface area contributed by atoms with Crippen molar-refractivity contribution in [3.05, 3.63) is 72.2 Å². The molecule has 2 rings (SSSR count). The van der Waals surface area contributed by atoms with Crippen LogP contribution < -0.4 is 10.4 Å². The number of allylic oxidation sites excluding steroid dienone is 1. The van der Waals surface area contributed by atoms with Crippen molar-refractivity contribution in [1.29, 1.82) is 0 Å². The van der Waals surface area contributed by atoms with E-state index >= 15 is 0 Å². The average Bonchev–Trinajstić information content (AvgIpc) is 2.62. The van der Waals surface area contributed by atoms with E-state index in [1.165, 1.54) is 15.8 Å². The number of benzene rings is 2. The van der Waals surface area contributed by atoms with Crippen LogP contribution in [0.25, 0.3) is 0 Å². The Balaban J connectivity index is 2.48. The summed E-state index contributed by atoms with van der Waals surface area (Å²) in [6, 6.07) is 21.8. The molecule has 0 unspecified atom stereocenters. The minimum absolute atomic E-state index is 0.0340. The molecule has 1 atom stereocenters. The fourth-order valence-corrected chi connectivity index (χ4v) is 8.38. The molecule has 0 aliphatic heterocycles. The minimum atomic E-state index is -2.42. The summed E-state index contributed by atoms with van der Waals surface area (Å²) in [6.45, 7) is 17.3. The van der Waals surface area contributed by atoms with Crippen molar-refractivity contribution in [3.8, 4) is 0 Å². The number of hydrogen-bond acceptors (Lipinski definition) is 1.